The molecule has 1 aliphatic carbocycles. The van der Waals surface area contributed by atoms with E-state index >= 15 is 0 Å². The van der Waals surface area contributed by atoms with Crippen molar-refractivity contribution < 1.29 is 14.0 Å². The van der Waals surface area contributed by atoms with Gasteiger partial charge in [0.25, 0.3) is 5.91 Å². The summed E-state index contributed by atoms with van der Waals surface area (Å²) in [5.41, 5.74) is 5.95. The topological polar surface area (TPSA) is 61.4 Å². The Bertz CT molecular complexity index is 562. The number of thioether (sulfide) groups is 1. The van der Waals surface area contributed by atoms with Gasteiger partial charge in [0.15, 0.2) is 0 Å². The third-order valence-electron chi connectivity index (χ3n) is 4.10. The molecule has 1 heterocycles. The predicted octanol–water partition coefficient (Wildman–Crippen LogP) is 1.97. The molecule has 1 aliphatic heterocycles. The summed E-state index contributed by atoms with van der Waals surface area (Å²) in [5, 5.41) is 0. The number of halogens is 1. The molecule has 1 unspecified atom stereocenters. The van der Waals surface area contributed by atoms with E-state index in [1.54, 1.807) is 16.7 Å². The number of hydrogen-bond donors (Lipinski definition) is 2. The number of hydrogen-bond acceptors (Lipinski definition) is 4. The zero-order chi connectivity index (χ0) is 15.5. The summed E-state index contributed by atoms with van der Waals surface area (Å²) < 4.78 is 12.8. The zero-order valence-electron chi connectivity index (χ0n) is 12.0. The second kappa shape index (κ2) is 6.56. The lowest BCUT2D eigenvalue weighted by Crippen LogP contribution is -2.51. The van der Waals surface area contributed by atoms with E-state index in [0.717, 1.165) is 19.3 Å². The van der Waals surface area contributed by atoms with Crippen LogP contribution in [0, 0.1) is 11.7 Å². The molecule has 2 amide bonds. The maximum atomic E-state index is 12.8. The first-order valence-corrected chi connectivity index (χ1v) is 8.50. The summed E-state index contributed by atoms with van der Waals surface area (Å²) in [6.07, 6.45) is 2.96. The van der Waals surface area contributed by atoms with Gasteiger partial charge in [-0.05, 0) is 37.1 Å². The normalized spacial score (nSPS) is 21.3. The molecule has 7 heteroatoms. The van der Waals surface area contributed by atoms with E-state index in [1.165, 1.54) is 24.3 Å². The third-order valence-corrected chi connectivity index (χ3v) is 5.11. The Hall–Kier alpha value is -1.76. The van der Waals surface area contributed by atoms with Crippen LogP contribution in [0.25, 0.3) is 0 Å². The molecule has 1 atom stereocenters. The van der Waals surface area contributed by atoms with Crippen LogP contribution in [0.5, 0.6) is 0 Å². The monoisotopic (exact) mass is 323 g/mol. The lowest BCUT2D eigenvalue weighted by molar-refractivity contribution is -0.143. The largest absolute Gasteiger partial charge is 0.320 e. The minimum atomic E-state index is -0.439. The van der Waals surface area contributed by atoms with E-state index in [1.807, 2.05) is 0 Å². The van der Waals surface area contributed by atoms with E-state index in [4.69, 9.17) is 0 Å². The molecule has 2 aliphatic rings. The van der Waals surface area contributed by atoms with Crippen molar-refractivity contribution in [3.8, 4) is 0 Å². The first-order chi connectivity index (χ1) is 10.6. The van der Waals surface area contributed by atoms with E-state index in [0.29, 0.717) is 17.3 Å². The predicted molar refractivity (Wildman–Crippen MR) is 83.5 cm³/mol. The van der Waals surface area contributed by atoms with Crippen LogP contribution < -0.4 is 10.9 Å². The Labute approximate surface area is 132 Å². The number of carbonyl (C=O) groups excluding carboxylic acids is 2. The van der Waals surface area contributed by atoms with Crippen LogP contribution in [0.4, 0.5) is 10.1 Å². The molecule has 0 bridgehead atoms. The average molecular weight is 323 g/mol. The number of hydrazine groups is 1. The van der Waals surface area contributed by atoms with Gasteiger partial charge in [-0.3, -0.25) is 20.4 Å². The maximum Gasteiger partial charge on any atom is 0.261 e. The molecular formula is C15H18FN3O2S. The van der Waals surface area contributed by atoms with E-state index < -0.39 is 6.04 Å². The molecule has 2 fully saturated rings. The highest BCUT2D eigenvalue weighted by Crippen LogP contribution is 2.32. The van der Waals surface area contributed by atoms with Gasteiger partial charge in [0.1, 0.15) is 11.9 Å². The molecule has 1 aromatic rings. The minimum Gasteiger partial charge on any atom is -0.320 e. The first kappa shape index (κ1) is 15.1. The third kappa shape index (κ3) is 3.19. The van der Waals surface area contributed by atoms with Crippen LogP contribution >= 0.6 is 11.8 Å². The number of nitrogens with zero attached hydrogens (tertiary/aromatic N) is 1. The van der Waals surface area contributed by atoms with Gasteiger partial charge in [-0.25, -0.2) is 4.39 Å². The fourth-order valence-electron chi connectivity index (χ4n) is 2.52. The summed E-state index contributed by atoms with van der Waals surface area (Å²) in [4.78, 5) is 26.3. The highest BCUT2D eigenvalue weighted by molar-refractivity contribution is 7.99. The lowest BCUT2D eigenvalue weighted by atomic mass is 9.84. The minimum absolute atomic E-state index is 0.0955. The maximum absolute atomic E-state index is 12.8. The molecule has 1 saturated carbocycles. The second-order valence-corrected chi connectivity index (χ2v) is 6.57. The Morgan fingerprint density at radius 1 is 1.23 bits per heavy atom. The summed E-state index contributed by atoms with van der Waals surface area (Å²) in [7, 11) is 0. The van der Waals surface area contributed by atoms with Gasteiger partial charge in [-0.2, -0.15) is 0 Å². The van der Waals surface area contributed by atoms with Gasteiger partial charge >= 0.3 is 0 Å². The van der Waals surface area contributed by atoms with Crippen LogP contribution in [0.15, 0.2) is 24.3 Å². The van der Waals surface area contributed by atoms with E-state index in [-0.39, 0.29) is 23.5 Å². The average Bonchev–Trinajstić information content (AvgIpc) is 2.94. The number of benzene rings is 1. The zero-order valence-corrected chi connectivity index (χ0v) is 12.9. The fraction of sp³-hybridized carbons (Fsp3) is 0.467. The lowest BCUT2D eigenvalue weighted by Gasteiger charge is -2.31. The van der Waals surface area contributed by atoms with Crippen molar-refractivity contribution >= 4 is 29.3 Å². The van der Waals surface area contributed by atoms with Crippen molar-refractivity contribution in [3.63, 3.8) is 0 Å². The van der Waals surface area contributed by atoms with Crippen molar-refractivity contribution in [1.29, 1.82) is 0 Å². The molecule has 1 saturated heterocycles. The smallest absolute Gasteiger partial charge is 0.261 e. The number of nitrogens with one attached hydrogen (secondary N) is 2. The van der Waals surface area contributed by atoms with Crippen LogP contribution in [0.3, 0.4) is 0 Å². The Kier molecular flexibility index (Phi) is 4.52. The summed E-state index contributed by atoms with van der Waals surface area (Å²) >= 11 is 1.59. The van der Waals surface area contributed by atoms with Crippen LogP contribution in [0.1, 0.15) is 19.3 Å². The van der Waals surface area contributed by atoms with Gasteiger partial charge in [-0.1, -0.05) is 6.42 Å². The van der Waals surface area contributed by atoms with Crippen LogP contribution in [0.2, 0.25) is 0 Å². The molecular weight excluding hydrogens is 305 g/mol. The van der Waals surface area contributed by atoms with E-state index in [2.05, 4.69) is 10.9 Å². The van der Waals surface area contributed by atoms with Gasteiger partial charge in [0, 0.05) is 11.7 Å². The molecule has 0 spiro atoms. The van der Waals surface area contributed by atoms with Gasteiger partial charge < -0.3 is 4.90 Å². The van der Waals surface area contributed by atoms with Gasteiger partial charge in [0.05, 0.1) is 11.6 Å². The molecule has 5 nitrogen and oxygen atoms in total. The quantitative estimate of drug-likeness (QED) is 0.832. The number of amides is 2. The first-order valence-electron chi connectivity index (χ1n) is 7.35. The van der Waals surface area contributed by atoms with Crippen molar-refractivity contribution in [2.45, 2.75) is 25.3 Å². The highest BCUT2D eigenvalue weighted by atomic mass is 32.2. The second-order valence-electron chi connectivity index (χ2n) is 5.57. The fourth-order valence-corrected chi connectivity index (χ4v) is 3.68. The van der Waals surface area contributed by atoms with Gasteiger partial charge in [0.2, 0.25) is 5.91 Å². The SMILES string of the molecule is O=C(NNc1ccc(F)cc1)C1CSCN1C(=O)C1CCC1. The van der Waals surface area contributed by atoms with E-state index in [9.17, 15) is 14.0 Å². The standard InChI is InChI=1S/C15H18FN3O2S/c16-11-4-6-12(7-5-11)17-18-14(20)13-8-22-9-19(13)15(21)10-2-1-3-10/h4-7,10,13,17H,1-3,8-9H2,(H,18,20). The van der Waals surface area contributed by atoms with Crippen LogP contribution in [-0.2, 0) is 9.59 Å². The molecule has 0 radical (unpaired) electrons. The Morgan fingerprint density at radius 3 is 2.59 bits per heavy atom. The van der Waals surface area contributed by atoms with Crippen molar-refractivity contribution in [1.82, 2.24) is 10.3 Å². The highest BCUT2D eigenvalue weighted by Gasteiger charge is 2.39. The summed E-state index contributed by atoms with van der Waals surface area (Å²) in [6.45, 7) is 0. The van der Waals surface area contributed by atoms with Gasteiger partial charge in [-0.15, -0.1) is 11.8 Å². The van der Waals surface area contributed by atoms with Crippen molar-refractivity contribution in [3.05, 3.63) is 30.1 Å². The molecule has 118 valence electrons. The molecule has 1 aromatic carbocycles. The number of carbonyl (C=O) groups is 2. The van der Waals surface area contributed by atoms with Crippen molar-refractivity contribution in [2.75, 3.05) is 17.1 Å². The Balaban J connectivity index is 1.56. The number of rotatable bonds is 4. The molecule has 2 N–H and O–H groups in total. The van der Waals surface area contributed by atoms with Crippen molar-refractivity contribution in [2.24, 2.45) is 5.92 Å². The number of anilines is 1. The molecule has 0 aromatic heterocycles. The Morgan fingerprint density at radius 2 is 1.95 bits per heavy atom. The molecule has 22 heavy (non-hydrogen) atoms. The molecule has 3 rings (SSSR count). The summed E-state index contributed by atoms with van der Waals surface area (Å²) in [5.74, 6) is 0.805. The van der Waals surface area contributed by atoms with Crippen LogP contribution in [-0.4, -0.2) is 34.4 Å². The summed E-state index contributed by atoms with van der Waals surface area (Å²) in [6, 6.07) is 5.26.